The number of halogens is 2. The molecule has 1 aromatic rings. The van der Waals surface area contributed by atoms with E-state index in [1.54, 1.807) is 0 Å². The molecule has 1 fully saturated rings. The van der Waals surface area contributed by atoms with Gasteiger partial charge in [-0.25, -0.2) is 4.68 Å². The molecule has 1 aromatic heterocycles. The molecule has 102 valence electrons. The molecule has 19 heavy (non-hydrogen) atoms. The van der Waals surface area contributed by atoms with Gasteiger partial charge in [0.15, 0.2) is 0 Å². The fourth-order valence-corrected chi connectivity index (χ4v) is 3.96. The van der Waals surface area contributed by atoms with Crippen LogP contribution in [0.4, 0.5) is 0 Å². The van der Waals surface area contributed by atoms with Crippen LogP contribution in [0.3, 0.4) is 0 Å². The summed E-state index contributed by atoms with van der Waals surface area (Å²) in [5.74, 6) is -0.316. The van der Waals surface area contributed by atoms with E-state index in [0.29, 0.717) is 4.47 Å². The minimum absolute atomic E-state index is 0.150. The van der Waals surface area contributed by atoms with Crippen LogP contribution >= 0.6 is 27.5 Å². The number of pyridine rings is 1. The quantitative estimate of drug-likeness (QED) is 0.756. The minimum Gasteiger partial charge on any atom is -0.327 e. The van der Waals surface area contributed by atoms with Gasteiger partial charge >= 0.3 is 0 Å². The molecule has 0 aromatic carbocycles. The lowest BCUT2D eigenvalue weighted by atomic mass is 9.64. The van der Waals surface area contributed by atoms with Gasteiger partial charge in [0.2, 0.25) is 0 Å². The number of hydrogen-bond acceptors (Lipinski definition) is 3. The number of fused-ring (bicyclic) bond motifs is 1. The molecule has 2 aliphatic rings. The molecule has 0 unspecified atom stereocenters. The number of rotatable bonds is 0. The summed E-state index contributed by atoms with van der Waals surface area (Å²) >= 11 is 9.19. The molecular formula is C12H13BrClN3O2. The molecular weight excluding hydrogens is 334 g/mol. The van der Waals surface area contributed by atoms with Gasteiger partial charge in [0.25, 0.3) is 11.5 Å². The van der Waals surface area contributed by atoms with Crippen LogP contribution in [0, 0.1) is 5.41 Å². The Hall–Kier alpha value is -1.01. The van der Waals surface area contributed by atoms with Crippen molar-refractivity contribution < 1.29 is 4.79 Å². The van der Waals surface area contributed by atoms with E-state index in [1.165, 1.54) is 10.7 Å². The Morgan fingerprint density at radius 2 is 2.00 bits per heavy atom. The lowest BCUT2D eigenvalue weighted by Crippen LogP contribution is -2.71. The van der Waals surface area contributed by atoms with Crippen molar-refractivity contribution in [2.24, 2.45) is 5.41 Å². The van der Waals surface area contributed by atoms with Crippen LogP contribution in [0.1, 0.15) is 37.2 Å². The van der Waals surface area contributed by atoms with E-state index in [0.717, 1.165) is 12.8 Å². The molecule has 1 spiro atoms. The molecule has 2 N–H and O–H groups in total. The molecule has 1 amide bonds. The summed E-state index contributed by atoms with van der Waals surface area (Å²) < 4.78 is 1.58. The zero-order valence-electron chi connectivity index (χ0n) is 10.5. The highest BCUT2D eigenvalue weighted by Crippen LogP contribution is 2.47. The largest absolute Gasteiger partial charge is 0.327 e. The Labute approximate surface area is 123 Å². The summed E-state index contributed by atoms with van der Waals surface area (Å²) in [6, 6.07) is 1.44. The first-order chi connectivity index (χ1) is 8.73. The molecule has 1 aliphatic heterocycles. The monoisotopic (exact) mass is 345 g/mol. The van der Waals surface area contributed by atoms with Gasteiger partial charge in [-0.3, -0.25) is 15.0 Å². The molecule has 1 saturated carbocycles. The summed E-state index contributed by atoms with van der Waals surface area (Å²) in [7, 11) is 0. The average Bonchev–Trinajstić information content (AvgIpc) is 2.22. The second kappa shape index (κ2) is 3.76. The second-order valence-corrected chi connectivity index (χ2v) is 7.26. The average molecular weight is 347 g/mol. The van der Waals surface area contributed by atoms with Crippen molar-refractivity contribution in [2.75, 3.05) is 5.43 Å². The molecule has 0 atom stereocenters. The number of aromatic nitrogens is 1. The normalized spacial score (nSPS) is 22.2. The van der Waals surface area contributed by atoms with Crippen molar-refractivity contribution in [2.45, 2.75) is 32.4 Å². The van der Waals surface area contributed by atoms with Gasteiger partial charge in [0.1, 0.15) is 11.4 Å². The Bertz CT molecular complexity index is 645. The fourth-order valence-electron chi connectivity index (χ4n) is 3.14. The van der Waals surface area contributed by atoms with Crippen molar-refractivity contribution in [1.82, 2.24) is 9.99 Å². The third-order valence-corrected chi connectivity index (χ3v) is 4.42. The van der Waals surface area contributed by atoms with Gasteiger partial charge in [0, 0.05) is 0 Å². The summed E-state index contributed by atoms with van der Waals surface area (Å²) in [4.78, 5) is 24.3. The van der Waals surface area contributed by atoms with Gasteiger partial charge in [-0.15, -0.1) is 0 Å². The Morgan fingerprint density at radius 3 is 2.58 bits per heavy atom. The fraction of sp³-hybridized carbons (Fsp3) is 0.500. The van der Waals surface area contributed by atoms with Gasteiger partial charge in [-0.1, -0.05) is 25.4 Å². The van der Waals surface area contributed by atoms with Crippen LogP contribution in [0.5, 0.6) is 0 Å². The van der Waals surface area contributed by atoms with Crippen LogP contribution in [0.15, 0.2) is 15.3 Å². The molecule has 0 radical (unpaired) electrons. The second-order valence-electron chi connectivity index (χ2n) is 6.00. The van der Waals surface area contributed by atoms with E-state index < -0.39 is 5.66 Å². The van der Waals surface area contributed by atoms with Crippen molar-refractivity contribution in [3.8, 4) is 0 Å². The van der Waals surface area contributed by atoms with E-state index >= 15 is 0 Å². The van der Waals surface area contributed by atoms with Crippen molar-refractivity contribution in [3.63, 3.8) is 0 Å². The van der Waals surface area contributed by atoms with E-state index in [-0.39, 0.29) is 27.6 Å². The maximum Gasteiger partial charge on any atom is 0.284 e. The smallest absolute Gasteiger partial charge is 0.284 e. The predicted molar refractivity (Wildman–Crippen MR) is 76.0 cm³/mol. The molecule has 3 rings (SSSR count). The van der Waals surface area contributed by atoms with Gasteiger partial charge < -0.3 is 5.32 Å². The molecule has 5 nitrogen and oxygen atoms in total. The van der Waals surface area contributed by atoms with Crippen LogP contribution in [-0.2, 0) is 0 Å². The summed E-state index contributed by atoms with van der Waals surface area (Å²) in [6.45, 7) is 4.25. The number of hydrogen-bond donors (Lipinski definition) is 2. The molecule has 0 bridgehead atoms. The third-order valence-electron chi connectivity index (χ3n) is 3.57. The highest BCUT2D eigenvalue weighted by molar-refractivity contribution is 9.10. The first-order valence-electron chi connectivity index (χ1n) is 5.95. The SMILES string of the molecule is CC1(C)CC2(C1)NC(=O)c1c(Cl)cc(Br)c(=O)n1N2. The minimum atomic E-state index is -0.540. The van der Waals surface area contributed by atoms with E-state index in [9.17, 15) is 9.59 Å². The van der Waals surface area contributed by atoms with E-state index in [2.05, 4.69) is 40.5 Å². The van der Waals surface area contributed by atoms with Crippen molar-refractivity contribution in [3.05, 3.63) is 31.6 Å². The maximum atomic E-state index is 12.2. The van der Waals surface area contributed by atoms with Crippen LogP contribution in [0.2, 0.25) is 5.02 Å². The summed E-state index contributed by atoms with van der Waals surface area (Å²) in [5, 5.41) is 3.16. The third kappa shape index (κ3) is 1.89. The van der Waals surface area contributed by atoms with Crippen LogP contribution < -0.4 is 16.3 Å². The first kappa shape index (κ1) is 13.0. The van der Waals surface area contributed by atoms with E-state index in [4.69, 9.17) is 11.6 Å². The Balaban J connectivity index is 2.10. The lowest BCUT2D eigenvalue weighted by Gasteiger charge is -2.55. The highest BCUT2D eigenvalue weighted by atomic mass is 79.9. The standard InChI is InChI=1S/C12H13BrClN3O2/c1-11(2)4-12(5-11)15-9(18)8-7(14)3-6(13)10(19)17(8)16-12/h3,16H,4-5H2,1-2H3,(H,15,18). The molecule has 2 heterocycles. The Kier molecular flexibility index (Phi) is 2.57. The van der Waals surface area contributed by atoms with Crippen molar-refractivity contribution >= 4 is 33.4 Å². The van der Waals surface area contributed by atoms with Crippen molar-refractivity contribution in [1.29, 1.82) is 0 Å². The number of amides is 1. The number of carbonyl (C=O) groups excluding carboxylic acids is 1. The molecule has 1 aliphatic carbocycles. The highest BCUT2D eigenvalue weighted by Gasteiger charge is 2.53. The molecule has 7 heteroatoms. The lowest BCUT2D eigenvalue weighted by molar-refractivity contribution is 0.0310. The molecule has 0 saturated heterocycles. The zero-order valence-corrected chi connectivity index (χ0v) is 12.9. The maximum absolute atomic E-state index is 12.2. The summed E-state index contributed by atoms with van der Waals surface area (Å²) in [6.07, 6.45) is 1.53. The van der Waals surface area contributed by atoms with Crippen LogP contribution in [0.25, 0.3) is 0 Å². The first-order valence-corrected chi connectivity index (χ1v) is 7.12. The summed E-state index contributed by atoms with van der Waals surface area (Å²) in [5.41, 5.74) is 2.56. The van der Waals surface area contributed by atoms with Gasteiger partial charge in [-0.2, -0.15) is 0 Å². The van der Waals surface area contributed by atoms with Gasteiger partial charge in [0.05, 0.1) is 9.50 Å². The zero-order chi connectivity index (χ0) is 14.0. The van der Waals surface area contributed by atoms with E-state index in [1.807, 2.05) is 0 Å². The number of nitrogens with one attached hydrogen (secondary N) is 2. The topological polar surface area (TPSA) is 63.1 Å². The van der Waals surface area contributed by atoms with Crippen LogP contribution in [-0.4, -0.2) is 16.2 Å². The predicted octanol–water partition coefficient (Wildman–Crippen LogP) is 2.07. The number of nitrogens with zero attached hydrogens (tertiary/aromatic N) is 1. The Morgan fingerprint density at radius 1 is 1.37 bits per heavy atom. The number of carbonyl (C=O) groups is 1. The van der Waals surface area contributed by atoms with Gasteiger partial charge in [-0.05, 0) is 40.3 Å².